The first-order valence-corrected chi connectivity index (χ1v) is 7.26. The molecule has 1 aromatic heterocycles. The highest BCUT2D eigenvalue weighted by atomic mass is 16.5. The molecular weight excluding hydrogens is 240 g/mol. The van der Waals surface area contributed by atoms with E-state index >= 15 is 0 Å². The monoisotopic (exact) mass is 264 g/mol. The molecular formula is C14H24N4O. The minimum atomic E-state index is 0.199. The molecule has 1 fully saturated rings. The number of ether oxygens (including phenoxy) is 1. The van der Waals surface area contributed by atoms with Gasteiger partial charge in [-0.25, -0.2) is 0 Å². The number of nitrogens with zero attached hydrogens (tertiary/aromatic N) is 2. The van der Waals surface area contributed by atoms with Crippen LogP contribution < -0.4 is 15.8 Å². The van der Waals surface area contributed by atoms with E-state index < -0.39 is 0 Å². The van der Waals surface area contributed by atoms with E-state index in [0.29, 0.717) is 18.5 Å². The van der Waals surface area contributed by atoms with Crippen LogP contribution in [0.5, 0.6) is 5.88 Å². The molecule has 2 unspecified atom stereocenters. The van der Waals surface area contributed by atoms with E-state index in [0.717, 1.165) is 25.1 Å². The summed E-state index contributed by atoms with van der Waals surface area (Å²) in [7, 11) is 0. The second-order valence-electron chi connectivity index (χ2n) is 5.14. The number of hydrogen-bond acceptors (Lipinski definition) is 5. The first kappa shape index (κ1) is 14.1. The second kappa shape index (κ2) is 7.28. The van der Waals surface area contributed by atoms with E-state index in [1.807, 2.05) is 0 Å². The molecule has 0 saturated heterocycles. The Morgan fingerprint density at radius 1 is 1.32 bits per heavy atom. The molecule has 0 amide bonds. The Morgan fingerprint density at radius 3 is 3.00 bits per heavy atom. The number of hydrogen-bond donors (Lipinski definition) is 2. The molecule has 0 aliphatic heterocycles. The van der Waals surface area contributed by atoms with E-state index in [4.69, 9.17) is 10.5 Å². The smallest absolute Gasteiger partial charge is 0.234 e. The van der Waals surface area contributed by atoms with Gasteiger partial charge in [-0.05, 0) is 19.3 Å². The lowest BCUT2D eigenvalue weighted by Crippen LogP contribution is -2.39. The van der Waals surface area contributed by atoms with Gasteiger partial charge in [-0.2, -0.15) is 4.98 Å². The standard InChI is InChI=1S/C14H24N4O/c1-2-8-19-14-10-16-9-13(18-14)17-12-7-5-3-4-6-11(12)15/h9-12H,2-8,15H2,1H3,(H,17,18). The van der Waals surface area contributed by atoms with Crippen molar-refractivity contribution in [2.45, 2.75) is 57.5 Å². The molecule has 0 bridgehead atoms. The Bertz CT molecular complexity index is 385. The number of aromatic nitrogens is 2. The van der Waals surface area contributed by atoms with Gasteiger partial charge in [0.05, 0.1) is 19.0 Å². The van der Waals surface area contributed by atoms with E-state index in [1.54, 1.807) is 12.4 Å². The van der Waals surface area contributed by atoms with E-state index in [2.05, 4.69) is 22.2 Å². The Morgan fingerprint density at radius 2 is 2.16 bits per heavy atom. The first-order valence-electron chi connectivity index (χ1n) is 7.26. The van der Waals surface area contributed by atoms with Gasteiger partial charge in [-0.15, -0.1) is 0 Å². The van der Waals surface area contributed by atoms with Crippen LogP contribution in [0, 0.1) is 0 Å². The highest BCUT2D eigenvalue weighted by Crippen LogP contribution is 2.20. The van der Waals surface area contributed by atoms with Crippen molar-refractivity contribution < 1.29 is 4.74 Å². The molecule has 5 heteroatoms. The van der Waals surface area contributed by atoms with Crippen molar-refractivity contribution >= 4 is 5.82 Å². The fraction of sp³-hybridized carbons (Fsp3) is 0.714. The van der Waals surface area contributed by atoms with E-state index in [9.17, 15) is 0 Å². The van der Waals surface area contributed by atoms with Crippen molar-refractivity contribution in [3.8, 4) is 5.88 Å². The van der Waals surface area contributed by atoms with Gasteiger partial charge < -0.3 is 15.8 Å². The fourth-order valence-corrected chi connectivity index (χ4v) is 2.40. The van der Waals surface area contributed by atoms with Crippen molar-refractivity contribution in [2.75, 3.05) is 11.9 Å². The van der Waals surface area contributed by atoms with Gasteiger partial charge in [0.25, 0.3) is 0 Å². The summed E-state index contributed by atoms with van der Waals surface area (Å²) >= 11 is 0. The van der Waals surface area contributed by atoms with Gasteiger partial charge in [-0.3, -0.25) is 4.98 Å². The molecule has 1 aliphatic carbocycles. The molecule has 1 saturated carbocycles. The zero-order chi connectivity index (χ0) is 13.5. The predicted octanol–water partition coefficient (Wildman–Crippen LogP) is 2.34. The molecule has 2 rings (SSSR count). The summed E-state index contributed by atoms with van der Waals surface area (Å²) in [5, 5.41) is 3.41. The van der Waals surface area contributed by atoms with Crippen LogP contribution in [0.25, 0.3) is 0 Å². The van der Waals surface area contributed by atoms with Gasteiger partial charge in [0.15, 0.2) is 0 Å². The maximum absolute atomic E-state index is 6.20. The Balaban J connectivity index is 1.97. The quantitative estimate of drug-likeness (QED) is 0.799. The maximum Gasteiger partial charge on any atom is 0.234 e. The molecule has 3 N–H and O–H groups in total. The summed E-state index contributed by atoms with van der Waals surface area (Å²) in [6.07, 6.45) is 10.3. The summed E-state index contributed by atoms with van der Waals surface area (Å²) in [5.41, 5.74) is 6.20. The summed E-state index contributed by atoms with van der Waals surface area (Å²) in [6, 6.07) is 0.489. The highest BCUT2D eigenvalue weighted by Gasteiger charge is 2.20. The second-order valence-corrected chi connectivity index (χ2v) is 5.14. The average Bonchev–Trinajstić information content (AvgIpc) is 2.62. The highest BCUT2D eigenvalue weighted by molar-refractivity contribution is 5.35. The van der Waals surface area contributed by atoms with Crippen molar-refractivity contribution in [1.82, 2.24) is 9.97 Å². The molecule has 2 atom stereocenters. The topological polar surface area (TPSA) is 73.1 Å². The lowest BCUT2D eigenvalue weighted by molar-refractivity contribution is 0.304. The zero-order valence-electron chi connectivity index (χ0n) is 11.6. The van der Waals surface area contributed by atoms with Crippen molar-refractivity contribution in [2.24, 2.45) is 5.73 Å². The number of rotatable bonds is 5. The van der Waals surface area contributed by atoms with Crippen LogP contribution in [0.2, 0.25) is 0 Å². The van der Waals surface area contributed by atoms with Crippen molar-refractivity contribution in [3.63, 3.8) is 0 Å². The van der Waals surface area contributed by atoms with Crippen LogP contribution in [-0.2, 0) is 0 Å². The largest absolute Gasteiger partial charge is 0.477 e. The Kier molecular flexibility index (Phi) is 5.39. The van der Waals surface area contributed by atoms with Gasteiger partial charge >= 0.3 is 0 Å². The van der Waals surface area contributed by atoms with E-state index in [-0.39, 0.29) is 6.04 Å². The summed E-state index contributed by atoms with van der Waals surface area (Å²) in [4.78, 5) is 8.58. The SMILES string of the molecule is CCCOc1cncc(NC2CCCCCC2N)n1. The molecule has 0 aromatic carbocycles. The molecule has 0 spiro atoms. The van der Waals surface area contributed by atoms with Gasteiger partial charge in [0.1, 0.15) is 5.82 Å². The van der Waals surface area contributed by atoms with E-state index in [1.165, 1.54) is 19.3 Å². The molecule has 5 nitrogen and oxygen atoms in total. The number of nitrogens with two attached hydrogens (primary N) is 1. The van der Waals surface area contributed by atoms with Gasteiger partial charge in [0.2, 0.25) is 5.88 Å². The zero-order valence-corrected chi connectivity index (χ0v) is 11.6. The minimum absolute atomic E-state index is 0.199. The normalized spacial score (nSPS) is 23.7. The maximum atomic E-state index is 6.20. The van der Waals surface area contributed by atoms with Crippen LogP contribution in [0.3, 0.4) is 0 Å². The first-order chi connectivity index (χ1) is 9.29. The fourth-order valence-electron chi connectivity index (χ4n) is 2.40. The van der Waals surface area contributed by atoms with Crippen LogP contribution in [0.4, 0.5) is 5.82 Å². The van der Waals surface area contributed by atoms with Crippen molar-refractivity contribution in [1.29, 1.82) is 0 Å². The molecule has 106 valence electrons. The number of anilines is 1. The third-order valence-corrected chi connectivity index (χ3v) is 3.47. The molecule has 1 aliphatic rings. The lowest BCUT2D eigenvalue weighted by atomic mass is 10.0. The lowest BCUT2D eigenvalue weighted by Gasteiger charge is -2.23. The van der Waals surface area contributed by atoms with Crippen molar-refractivity contribution in [3.05, 3.63) is 12.4 Å². The Hall–Kier alpha value is -1.36. The molecule has 1 heterocycles. The van der Waals surface area contributed by atoms with Crippen LogP contribution in [0.15, 0.2) is 12.4 Å². The Labute approximate surface area is 115 Å². The average molecular weight is 264 g/mol. The third-order valence-electron chi connectivity index (χ3n) is 3.47. The van der Waals surface area contributed by atoms with Gasteiger partial charge in [-0.1, -0.05) is 26.2 Å². The molecule has 1 aromatic rings. The summed E-state index contributed by atoms with van der Waals surface area (Å²) < 4.78 is 5.49. The third kappa shape index (κ3) is 4.35. The van der Waals surface area contributed by atoms with Crippen LogP contribution in [-0.4, -0.2) is 28.7 Å². The van der Waals surface area contributed by atoms with Crippen LogP contribution in [0.1, 0.15) is 45.4 Å². The molecule has 0 radical (unpaired) electrons. The minimum Gasteiger partial charge on any atom is -0.477 e. The summed E-state index contributed by atoms with van der Waals surface area (Å²) in [6.45, 7) is 2.74. The summed E-state index contributed by atoms with van der Waals surface area (Å²) in [5.74, 6) is 1.34. The molecule has 19 heavy (non-hydrogen) atoms. The predicted molar refractivity (Wildman–Crippen MR) is 76.3 cm³/mol. The van der Waals surface area contributed by atoms with Gasteiger partial charge in [0, 0.05) is 12.1 Å². The number of nitrogens with one attached hydrogen (secondary N) is 1. The van der Waals surface area contributed by atoms with Crippen LogP contribution >= 0.6 is 0 Å².